The fourth-order valence-corrected chi connectivity index (χ4v) is 3.80. The first-order valence-electron chi connectivity index (χ1n) is 9.10. The minimum Gasteiger partial charge on any atom is -0.465 e. The van der Waals surface area contributed by atoms with E-state index in [0.29, 0.717) is 25.1 Å². The lowest BCUT2D eigenvalue weighted by Gasteiger charge is -2.31. The van der Waals surface area contributed by atoms with Crippen molar-refractivity contribution in [2.75, 3.05) is 13.1 Å². The van der Waals surface area contributed by atoms with Crippen molar-refractivity contribution in [3.05, 3.63) is 53.1 Å². The number of amides is 2. The number of imidazole rings is 1. The highest BCUT2D eigenvalue weighted by Crippen LogP contribution is 2.31. The van der Waals surface area contributed by atoms with E-state index >= 15 is 0 Å². The lowest BCUT2D eigenvalue weighted by Crippen LogP contribution is -2.38. The maximum absolute atomic E-state index is 14.9. The highest BCUT2D eigenvalue weighted by Gasteiger charge is 2.25. The van der Waals surface area contributed by atoms with Gasteiger partial charge in [0.05, 0.1) is 16.6 Å². The van der Waals surface area contributed by atoms with Crippen LogP contribution < -0.4 is 5.73 Å². The number of hydrogen-bond acceptors (Lipinski definition) is 3. The summed E-state index contributed by atoms with van der Waals surface area (Å²) < 4.78 is 28.6. The number of likely N-dealkylation sites (tertiary alicyclic amines) is 1. The second-order valence-electron chi connectivity index (χ2n) is 7.11. The molecule has 0 spiro atoms. The number of halogens is 2. The standard InChI is InChI=1S/C20H18F2N4O3/c21-12-7-14(18(23)27)17-16(8-12)24-19(25-17)13-4-3-10(6-15(13)22)11-2-1-5-26(9-11)20(28)29/h3-4,6-8,11H,1-2,5,9H2,(H2,23,27)(H,24,25)(H,28,29). The van der Waals surface area contributed by atoms with Gasteiger partial charge in [0.15, 0.2) is 0 Å². The monoisotopic (exact) mass is 400 g/mol. The molecule has 1 unspecified atom stereocenters. The number of carboxylic acid groups (broad SMARTS) is 1. The fourth-order valence-electron chi connectivity index (χ4n) is 3.80. The Hall–Kier alpha value is -3.49. The number of fused-ring (bicyclic) bond motifs is 1. The van der Waals surface area contributed by atoms with Crippen LogP contribution in [0.1, 0.15) is 34.7 Å². The Balaban J connectivity index is 1.69. The molecule has 7 nitrogen and oxygen atoms in total. The summed E-state index contributed by atoms with van der Waals surface area (Å²) in [6.45, 7) is 0.796. The number of aromatic amines is 1. The van der Waals surface area contributed by atoms with Crippen LogP contribution in [-0.4, -0.2) is 45.1 Å². The molecule has 9 heteroatoms. The highest BCUT2D eigenvalue weighted by atomic mass is 19.1. The van der Waals surface area contributed by atoms with E-state index < -0.39 is 23.6 Å². The molecule has 0 aliphatic carbocycles. The number of hydrogen-bond donors (Lipinski definition) is 3. The molecule has 29 heavy (non-hydrogen) atoms. The van der Waals surface area contributed by atoms with Gasteiger partial charge in [-0.3, -0.25) is 4.79 Å². The molecule has 1 aliphatic rings. The summed E-state index contributed by atoms with van der Waals surface area (Å²) in [4.78, 5) is 31.1. The molecule has 2 heterocycles. The highest BCUT2D eigenvalue weighted by molar-refractivity contribution is 6.04. The van der Waals surface area contributed by atoms with E-state index in [0.717, 1.165) is 18.6 Å². The number of primary amides is 1. The lowest BCUT2D eigenvalue weighted by molar-refractivity contribution is 0.100. The van der Waals surface area contributed by atoms with E-state index in [1.807, 2.05) is 0 Å². The largest absolute Gasteiger partial charge is 0.465 e. The number of carbonyl (C=O) groups is 2. The van der Waals surface area contributed by atoms with E-state index in [1.165, 1.54) is 11.0 Å². The van der Waals surface area contributed by atoms with Crippen LogP contribution in [0, 0.1) is 11.6 Å². The van der Waals surface area contributed by atoms with Crippen molar-refractivity contribution >= 4 is 23.0 Å². The number of nitrogens with zero attached hydrogens (tertiary/aromatic N) is 2. The van der Waals surface area contributed by atoms with Crippen molar-refractivity contribution in [1.29, 1.82) is 0 Å². The summed E-state index contributed by atoms with van der Waals surface area (Å²) in [6.07, 6.45) is 0.506. The van der Waals surface area contributed by atoms with E-state index in [4.69, 9.17) is 5.73 Å². The molecule has 1 saturated heterocycles. The van der Waals surface area contributed by atoms with Gasteiger partial charge in [0.2, 0.25) is 0 Å². The average Bonchev–Trinajstić information content (AvgIpc) is 3.10. The van der Waals surface area contributed by atoms with Gasteiger partial charge in [-0.1, -0.05) is 6.07 Å². The van der Waals surface area contributed by atoms with Crippen LogP contribution in [0.2, 0.25) is 0 Å². The van der Waals surface area contributed by atoms with Crippen LogP contribution in [0.5, 0.6) is 0 Å². The Morgan fingerprint density at radius 2 is 2.03 bits per heavy atom. The summed E-state index contributed by atoms with van der Waals surface area (Å²) in [6, 6.07) is 6.80. The van der Waals surface area contributed by atoms with E-state index in [9.17, 15) is 23.5 Å². The normalized spacial score (nSPS) is 16.9. The molecule has 2 aromatic carbocycles. The van der Waals surface area contributed by atoms with Gasteiger partial charge in [-0.15, -0.1) is 0 Å². The van der Waals surface area contributed by atoms with Crippen molar-refractivity contribution in [3.8, 4) is 11.4 Å². The quantitative estimate of drug-likeness (QED) is 0.625. The summed E-state index contributed by atoms with van der Waals surface area (Å²) in [5.74, 6) is -1.97. The van der Waals surface area contributed by atoms with Gasteiger partial charge in [-0.25, -0.2) is 18.6 Å². The SMILES string of the molecule is NC(=O)c1cc(F)cc2[nH]c(-c3ccc(C4CCCN(C(=O)O)C4)cc3F)nc12. The molecule has 4 rings (SSSR count). The number of rotatable bonds is 3. The summed E-state index contributed by atoms with van der Waals surface area (Å²) in [7, 11) is 0. The molecule has 3 aromatic rings. The van der Waals surface area contributed by atoms with Gasteiger partial charge < -0.3 is 20.7 Å². The van der Waals surface area contributed by atoms with Crippen LogP contribution in [-0.2, 0) is 0 Å². The third kappa shape index (κ3) is 3.51. The molecule has 2 amide bonds. The summed E-state index contributed by atoms with van der Waals surface area (Å²) >= 11 is 0. The molecule has 0 saturated carbocycles. The van der Waals surface area contributed by atoms with Crippen molar-refractivity contribution in [2.24, 2.45) is 5.73 Å². The van der Waals surface area contributed by atoms with Crippen LogP contribution in [0.3, 0.4) is 0 Å². The molecule has 0 bridgehead atoms. The predicted molar refractivity (Wildman–Crippen MR) is 102 cm³/mol. The first kappa shape index (κ1) is 18.9. The van der Waals surface area contributed by atoms with Crippen molar-refractivity contribution in [1.82, 2.24) is 14.9 Å². The van der Waals surface area contributed by atoms with Crippen molar-refractivity contribution < 1.29 is 23.5 Å². The molecule has 150 valence electrons. The first-order valence-corrected chi connectivity index (χ1v) is 9.10. The maximum atomic E-state index is 14.9. The molecule has 1 aliphatic heterocycles. The number of nitrogens with two attached hydrogens (primary N) is 1. The molecule has 1 aromatic heterocycles. The zero-order valence-electron chi connectivity index (χ0n) is 15.3. The summed E-state index contributed by atoms with van der Waals surface area (Å²) in [5, 5.41) is 9.18. The molecule has 1 fully saturated rings. The van der Waals surface area contributed by atoms with Crippen LogP contribution in [0.15, 0.2) is 30.3 Å². The summed E-state index contributed by atoms with van der Waals surface area (Å²) in [5.41, 5.74) is 6.47. The molecular formula is C20H18F2N4O3. The Labute approximate surface area is 164 Å². The minimum absolute atomic E-state index is 0.0875. The molecule has 0 radical (unpaired) electrons. The second kappa shape index (κ2) is 7.16. The Morgan fingerprint density at radius 1 is 1.24 bits per heavy atom. The van der Waals surface area contributed by atoms with Crippen LogP contribution in [0.25, 0.3) is 22.4 Å². The van der Waals surface area contributed by atoms with Gasteiger partial charge in [0.25, 0.3) is 5.91 Å². The van der Waals surface area contributed by atoms with E-state index in [2.05, 4.69) is 9.97 Å². The Morgan fingerprint density at radius 3 is 2.72 bits per heavy atom. The third-order valence-electron chi connectivity index (χ3n) is 5.23. The van der Waals surface area contributed by atoms with Crippen molar-refractivity contribution in [2.45, 2.75) is 18.8 Å². The Bertz CT molecular complexity index is 1130. The number of aromatic nitrogens is 2. The number of nitrogens with one attached hydrogen (secondary N) is 1. The zero-order chi connectivity index (χ0) is 20.7. The van der Waals surface area contributed by atoms with Gasteiger partial charge in [-0.05, 0) is 42.7 Å². The number of carbonyl (C=O) groups excluding carboxylic acids is 1. The molecule has 1 atom stereocenters. The number of piperidine rings is 1. The van der Waals surface area contributed by atoms with Gasteiger partial charge in [-0.2, -0.15) is 0 Å². The maximum Gasteiger partial charge on any atom is 0.407 e. The fraction of sp³-hybridized carbons (Fsp3) is 0.250. The molecule has 4 N–H and O–H groups in total. The Kier molecular flexibility index (Phi) is 4.65. The van der Waals surface area contributed by atoms with E-state index in [1.54, 1.807) is 12.1 Å². The minimum atomic E-state index is -0.980. The van der Waals surface area contributed by atoms with E-state index in [-0.39, 0.29) is 33.9 Å². The molecular weight excluding hydrogens is 382 g/mol. The number of H-pyrrole nitrogens is 1. The number of benzene rings is 2. The second-order valence-corrected chi connectivity index (χ2v) is 7.11. The van der Waals surface area contributed by atoms with Crippen LogP contribution >= 0.6 is 0 Å². The average molecular weight is 400 g/mol. The predicted octanol–water partition coefficient (Wildman–Crippen LogP) is 3.46. The van der Waals surface area contributed by atoms with Crippen molar-refractivity contribution in [3.63, 3.8) is 0 Å². The zero-order valence-corrected chi connectivity index (χ0v) is 15.3. The van der Waals surface area contributed by atoms with Gasteiger partial charge in [0.1, 0.15) is 23.0 Å². The third-order valence-corrected chi connectivity index (χ3v) is 5.23. The lowest BCUT2D eigenvalue weighted by atomic mass is 9.90. The van der Waals surface area contributed by atoms with Gasteiger partial charge >= 0.3 is 6.09 Å². The first-order chi connectivity index (χ1) is 13.8. The van der Waals surface area contributed by atoms with Gasteiger partial charge in [0, 0.05) is 19.0 Å². The smallest absolute Gasteiger partial charge is 0.407 e. The van der Waals surface area contributed by atoms with Crippen LogP contribution in [0.4, 0.5) is 13.6 Å². The topological polar surface area (TPSA) is 112 Å².